The fraction of sp³-hybridized carbons (Fsp3) is 0.700. The number of likely N-dealkylation sites (tertiary alicyclic amines) is 1. The topological polar surface area (TPSA) is 63.6 Å². The summed E-state index contributed by atoms with van der Waals surface area (Å²) in [6.07, 6.45) is 3.66. The van der Waals surface area contributed by atoms with E-state index in [0.29, 0.717) is 42.3 Å². The number of aromatic nitrogens is 1. The molecule has 1 aliphatic carbocycles. The molecule has 27 heavy (non-hydrogen) atoms. The molecule has 1 amide bonds. The number of halogens is 1. The molecule has 4 heterocycles. The second kappa shape index (κ2) is 7.22. The summed E-state index contributed by atoms with van der Waals surface area (Å²) in [5, 5.41) is 3.46. The van der Waals surface area contributed by atoms with Crippen LogP contribution >= 0.6 is 12.4 Å². The number of methoxy groups -OCH3 is 1. The largest absolute Gasteiger partial charge is 0.381 e. The number of carbonyl (C=O) groups is 1. The van der Waals surface area contributed by atoms with Crippen LogP contribution in [0.1, 0.15) is 41.2 Å². The third-order valence-corrected chi connectivity index (χ3v) is 7.05. The van der Waals surface area contributed by atoms with Crippen molar-refractivity contribution >= 4 is 18.3 Å². The Morgan fingerprint density at radius 1 is 1.15 bits per heavy atom. The van der Waals surface area contributed by atoms with Gasteiger partial charge in [0.05, 0.1) is 6.10 Å². The van der Waals surface area contributed by atoms with E-state index in [1.54, 1.807) is 13.2 Å². The molecule has 0 aromatic carbocycles. The molecular weight excluding hydrogens is 366 g/mol. The minimum atomic E-state index is -0.0923. The fourth-order valence-corrected chi connectivity index (χ4v) is 5.85. The predicted molar refractivity (Wildman–Crippen MR) is 105 cm³/mol. The molecule has 5 rings (SSSR count). The summed E-state index contributed by atoms with van der Waals surface area (Å²) < 4.78 is 7.52. The van der Waals surface area contributed by atoms with Gasteiger partial charge in [0.2, 0.25) is 0 Å². The van der Waals surface area contributed by atoms with E-state index in [2.05, 4.69) is 5.32 Å². The number of rotatable bonds is 2. The number of piperidine rings is 2. The molecule has 5 atom stereocenters. The molecule has 2 saturated heterocycles. The Balaban J connectivity index is 0.00000180. The van der Waals surface area contributed by atoms with Crippen LogP contribution in [0.3, 0.4) is 0 Å². The maximum absolute atomic E-state index is 13.1. The number of hydrogen-bond donors (Lipinski definition) is 1. The van der Waals surface area contributed by atoms with Crippen LogP contribution < -0.4 is 10.9 Å². The van der Waals surface area contributed by atoms with E-state index in [1.807, 2.05) is 15.5 Å². The molecule has 1 N–H and O–H groups in total. The quantitative estimate of drug-likeness (QED) is 0.826. The molecule has 3 fully saturated rings. The standard InChI is InChI=1S/C20H27N3O3.ClH/c1-26-18-13-2-3-14(18)11-22(10-13)19(24)16-4-5-17-15-6-12(7-21-8-15)9-23(17)20(16)25;/h4-5,12-15,18,21H,2-3,6-11H2,1H3;1H/t12-,13-,14+,15+,18?;/m0./s1. The Labute approximate surface area is 165 Å². The molecule has 1 unspecified atom stereocenters. The van der Waals surface area contributed by atoms with Gasteiger partial charge in [0.25, 0.3) is 11.5 Å². The molecule has 4 aliphatic rings. The molecule has 1 aromatic rings. The summed E-state index contributed by atoms with van der Waals surface area (Å²) in [6, 6.07) is 3.79. The molecular formula is C20H28ClN3O3. The zero-order chi connectivity index (χ0) is 17.8. The fourth-order valence-electron chi connectivity index (χ4n) is 5.85. The van der Waals surface area contributed by atoms with Gasteiger partial charge in [-0.2, -0.15) is 0 Å². The van der Waals surface area contributed by atoms with E-state index in [0.717, 1.165) is 44.6 Å². The van der Waals surface area contributed by atoms with E-state index >= 15 is 0 Å². The number of hydrogen-bond acceptors (Lipinski definition) is 4. The number of ether oxygens (including phenoxy) is 1. The molecule has 148 valence electrons. The molecule has 1 aromatic heterocycles. The first-order chi connectivity index (χ1) is 12.7. The average molecular weight is 394 g/mol. The molecule has 3 aliphatic heterocycles. The SMILES string of the molecule is COC1[C@@H]2CC[C@H]1CN(C(=O)c1ccc3n(c1=O)C[C@@H]1CNC[C@H]3C1)C2.Cl. The van der Waals surface area contributed by atoms with E-state index in [-0.39, 0.29) is 30.0 Å². The zero-order valence-electron chi connectivity index (χ0n) is 15.7. The number of nitrogens with one attached hydrogen (secondary N) is 1. The van der Waals surface area contributed by atoms with E-state index in [1.165, 1.54) is 0 Å². The van der Waals surface area contributed by atoms with E-state index in [9.17, 15) is 9.59 Å². The number of pyridine rings is 1. The second-order valence-electron chi connectivity index (χ2n) is 8.55. The minimum absolute atomic E-state index is 0. The number of nitrogens with zero attached hydrogens (tertiary/aromatic N) is 2. The van der Waals surface area contributed by atoms with Crippen LogP contribution in [0, 0.1) is 17.8 Å². The highest BCUT2D eigenvalue weighted by Crippen LogP contribution is 2.39. The van der Waals surface area contributed by atoms with Crippen molar-refractivity contribution in [2.24, 2.45) is 17.8 Å². The van der Waals surface area contributed by atoms with Crippen molar-refractivity contribution in [1.29, 1.82) is 0 Å². The lowest BCUT2D eigenvalue weighted by Gasteiger charge is -2.38. The van der Waals surface area contributed by atoms with E-state index < -0.39 is 0 Å². The Hall–Kier alpha value is -1.37. The molecule has 0 spiro atoms. The second-order valence-corrected chi connectivity index (χ2v) is 8.55. The average Bonchev–Trinajstić information content (AvgIpc) is 2.90. The monoisotopic (exact) mass is 393 g/mol. The number of carbonyl (C=O) groups excluding carboxylic acids is 1. The van der Waals surface area contributed by atoms with Crippen molar-refractivity contribution in [2.75, 3.05) is 33.3 Å². The highest BCUT2D eigenvalue weighted by atomic mass is 35.5. The van der Waals surface area contributed by atoms with Gasteiger partial charge in [-0.05, 0) is 43.9 Å². The number of fused-ring (bicyclic) bond motifs is 6. The van der Waals surface area contributed by atoms with Gasteiger partial charge in [0.15, 0.2) is 0 Å². The lowest BCUT2D eigenvalue weighted by molar-refractivity contribution is -0.0114. The predicted octanol–water partition coefficient (Wildman–Crippen LogP) is 1.47. The zero-order valence-corrected chi connectivity index (χ0v) is 16.5. The lowest BCUT2D eigenvalue weighted by atomic mass is 9.84. The maximum Gasteiger partial charge on any atom is 0.263 e. The summed E-state index contributed by atoms with van der Waals surface area (Å²) in [5.41, 5.74) is 1.34. The smallest absolute Gasteiger partial charge is 0.263 e. The van der Waals surface area contributed by atoms with Gasteiger partial charge >= 0.3 is 0 Å². The van der Waals surface area contributed by atoms with Crippen LogP contribution in [0.4, 0.5) is 0 Å². The first kappa shape index (κ1) is 19.0. The van der Waals surface area contributed by atoms with Crippen molar-refractivity contribution in [3.05, 3.63) is 33.7 Å². The normalized spacial score (nSPS) is 34.0. The summed E-state index contributed by atoms with van der Waals surface area (Å²) in [6.45, 7) is 4.05. The van der Waals surface area contributed by atoms with Crippen LogP contribution in [0.5, 0.6) is 0 Å². The molecule has 4 bridgehead atoms. The van der Waals surface area contributed by atoms with Crippen molar-refractivity contribution in [2.45, 2.75) is 37.8 Å². The van der Waals surface area contributed by atoms with Crippen molar-refractivity contribution in [3.8, 4) is 0 Å². The van der Waals surface area contributed by atoms with Gasteiger partial charge in [-0.3, -0.25) is 9.59 Å². The summed E-state index contributed by atoms with van der Waals surface area (Å²) in [5.74, 6) is 1.62. The van der Waals surface area contributed by atoms with Crippen LogP contribution in [0.2, 0.25) is 0 Å². The first-order valence-corrected chi connectivity index (χ1v) is 9.92. The molecule has 6 nitrogen and oxygen atoms in total. The van der Waals surface area contributed by atoms with Crippen LogP contribution in [-0.4, -0.2) is 54.8 Å². The van der Waals surface area contributed by atoms with Gasteiger partial charge in [0, 0.05) is 56.7 Å². The molecule has 7 heteroatoms. The van der Waals surface area contributed by atoms with E-state index in [4.69, 9.17) is 4.74 Å². The Morgan fingerprint density at radius 2 is 1.89 bits per heavy atom. The third-order valence-electron chi connectivity index (χ3n) is 7.05. The molecule has 0 radical (unpaired) electrons. The van der Waals surface area contributed by atoms with Crippen molar-refractivity contribution in [1.82, 2.24) is 14.8 Å². The summed E-state index contributed by atoms with van der Waals surface area (Å²) in [4.78, 5) is 28.1. The van der Waals surface area contributed by atoms with Gasteiger partial charge in [-0.1, -0.05) is 0 Å². The molecule has 1 saturated carbocycles. The van der Waals surface area contributed by atoms with Crippen molar-refractivity contribution in [3.63, 3.8) is 0 Å². The van der Waals surface area contributed by atoms with Crippen LogP contribution in [0.15, 0.2) is 16.9 Å². The number of amides is 1. The minimum Gasteiger partial charge on any atom is -0.381 e. The Bertz CT molecular complexity index is 781. The van der Waals surface area contributed by atoms with Gasteiger partial charge in [-0.15, -0.1) is 12.4 Å². The first-order valence-electron chi connectivity index (χ1n) is 9.92. The van der Waals surface area contributed by atoms with Crippen molar-refractivity contribution < 1.29 is 9.53 Å². The highest BCUT2D eigenvalue weighted by Gasteiger charge is 2.44. The maximum atomic E-state index is 13.1. The van der Waals surface area contributed by atoms with Gasteiger partial charge in [0.1, 0.15) is 5.56 Å². The Morgan fingerprint density at radius 3 is 2.59 bits per heavy atom. The van der Waals surface area contributed by atoms with Crippen LogP contribution in [-0.2, 0) is 11.3 Å². The third kappa shape index (κ3) is 3.02. The summed E-state index contributed by atoms with van der Waals surface area (Å²) in [7, 11) is 1.77. The Kier molecular flexibility index (Phi) is 5.08. The van der Waals surface area contributed by atoms with Crippen LogP contribution in [0.25, 0.3) is 0 Å². The van der Waals surface area contributed by atoms with Gasteiger partial charge in [-0.25, -0.2) is 0 Å². The highest BCUT2D eigenvalue weighted by molar-refractivity contribution is 5.94. The van der Waals surface area contributed by atoms with Gasteiger partial charge < -0.3 is 19.5 Å². The lowest BCUT2D eigenvalue weighted by Crippen LogP contribution is -2.50. The summed E-state index contributed by atoms with van der Waals surface area (Å²) >= 11 is 0.